The van der Waals surface area contributed by atoms with Gasteiger partial charge >= 0.3 is 0 Å². The van der Waals surface area contributed by atoms with Crippen LogP contribution >= 0.6 is 11.8 Å². The van der Waals surface area contributed by atoms with E-state index in [9.17, 15) is 4.79 Å². The Morgan fingerprint density at radius 3 is 2.73 bits per heavy atom. The predicted octanol–water partition coefficient (Wildman–Crippen LogP) is 4.14. The smallest absolute Gasteiger partial charge is 0.238 e. The fourth-order valence-electron chi connectivity index (χ4n) is 3.41. The number of ether oxygens (including phenoxy) is 2. The van der Waals surface area contributed by atoms with Crippen LogP contribution in [0.4, 0.5) is 5.82 Å². The molecule has 5 rings (SSSR count). The lowest BCUT2D eigenvalue weighted by atomic mass is 10.2. The third-order valence-corrected chi connectivity index (χ3v) is 6.14. The summed E-state index contributed by atoms with van der Waals surface area (Å²) >= 11 is 1.33. The maximum atomic E-state index is 12.7. The van der Waals surface area contributed by atoms with Crippen molar-refractivity contribution in [3.63, 3.8) is 0 Å². The van der Waals surface area contributed by atoms with Crippen molar-refractivity contribution in [2.24, 2.45) is 0 Å². The molecule has 3 heterocycles. The Morgan fingerprint density at radius 2 is 1.94 bits per heavy atom. The van der Waals surface area contributed by atoms with Gasteiger partial charge in [-0.2, -0.15) is 0 Å². The van der Waals surface area contributed by atoms with E-state index in [1.807, 2.05) is 60.0 Å². The summed E-state index contributed by atoms with van der Waals surface area (Å²) in [4.78, 5) is 12.7. The van der Waals surface area contributed by atoms with Crippen LogP contribution in [0.1, 0.15) is 18.2 Å². The average Bonchev–Trinajstić information content (AvgIpc) is 3.55. The summed E-state index contributed by atoms with van der Waals surface area (Å²) in [6, 6.07) is 17.3. The minimum Gasteiger partial charge on any atom is -0.454 e. The van der Waals surface area contributed by atoms with Gasteiger partial charge in [0.1, 0.15) is 5.76 Å². The molecule has 1 atom stereocenters. The molecule has 2 aromatic heterocycles. The molecule has 0 radical (unpaired) electrons. The molecule has 0 saturated carbocycles. The van der Waals surface area contributed by atoms with Gasteiger partial charge in [-0.15, -0.1) is 10.2 Å². The standard InChI is InChI=1S/C23H21N5O4S/c1-14-10-20(27-32-14)24-22(29)15(2)33-23-26-25-21(17-6-4-3-5-7-17)28(23)12-16-8-9-18-19(11-16)31-13-30-18/h3-11,15H,12-13H2,1-2H3,(H,24,27,29)/t15-/m1/s1. The number of nitrogens with zero attached hydrogens (tertiary/aromatic N) is 4. The number of hydrogen-bond acceptors (Lipinski definition) is 8. The summed E-state index contributed by atoms with van der Waals surface area (Å²) < 4.78 is 18.0. The van der Waals surface area contributed by atoms with Gasteiger partial charge in [-0.1, -0.05) is 53.3 Å². The molecule has 0 fully saturated rings. The zero-order valence-corrected chi connectivity index (χ0v) is 18.8. The number of aromatic nitrogens is 4. The van der Waals surface area contributed by atoms with Crippen LogP contribution < -0.4 is 14.8 Å². The van der Waals surface area contributed by atoms with Crippen LogP contribution in [-0.2, 0) is 11.3 Å². The molecule has 33 heavy (non-hydrogen) atoms. The van der Waals surface area contributed by atoms with Crippen molar-refractivity contribution in [3.8, 4) is 22.9 Å². The topological polar surface area (TPSA) is 104 Å². The average molecular weight is 464 g/mol. The first-order chi connectivity index (χ1) is 16.1. The number of carbonyl (C=O) groups excluding carboxylic acids is 1. The minimum atomic E-state index is -0.440. The highest BCUT2D eigenvalue weighted by atomic mass is 32.2. The fraction of sp³-hybridized carbons (Fsp3) is 0.217. The minimum absolute atomic E-state index is 0.202. The van der Waals surface area contributed by atoms with Crippen LogP contribution in [-0.4, -0.2) is 37.9 Å². The third kappa shape index (κ3) is 4.56. The van der Waals surface area contributed by atoms with E-state index in [-0.39, 0.29) is 12.7 Å². The van der Waals surface area contributed by atoms with E-state index in [0.29, 0.717) is 29.0 Å². The number of hydrogen-bond donors (Lipinski definition) is 1. The number of thioether (sulfide) groups is 1. The summed E-state index contributed by atoms with van der Waals surface area (Å²) in [6.45, 7) is 4.31. The predicted molar refractivity (Wildman–Crippen MR) is 122 cm³/mol. The van der Waals surface area contributed by atoms with Crippen LogP contribution in [0.3, 0.4) is 0 Å². The molecule has 2 aromatic carbocycles. The lowest BCUT2D eigenvalue weighted by Crippen LogP contribution is -2.23. The summed E-state index contributed by atoms with van der Waals surface area (Å²) in [5.74, 6) is 2.97. The molecule has 9 nitrogen and oxygen atoms in total. The first-order valence-electron chi connectivity index (χ1n) is 10.3. The Morgan fingerprint density at radius 1 is 1.12 bits per heavy atom. The fourth-order valence-corrected chi connectivity index (χ4v) is 4.25. The maximum absolute atomic E-state index is 12.7. The molecule has 1 aliphatic rings. The Labute approximate surface area is 194 Å². The quantitative estimate of drug-likeness (QED) is 0.408. The van der Waals surface area contributed by atoms with Gasteiger partial charge in [0.25, 0.3) is 0 Å². The van der Waals surface area contributed by atoms with Crippen molar-refractivity contribution in [2.75, 3.05) is 12.1 Å². The van der Waals surface area contributed by atoms with Crippen molar-refractivity contribution in [1.82, 2.24) is 19.9 Å². The summed E-state index contributed by atoms with van der Waals surface area (Å²) in [5, 5.41) is 15.6. The van der Waals surface area contributed by atoms with E-state index < -0.39 is 5.25 Å². The normalized spacial score (nSPS) is 13.2. The molecule has 1 aliphatic heterocycles. The Balaban J connectivity index is 1.42. The molecule has 0 bridgehead atoms. The number of anilines is 1. The van der Waals surface area contributed by atoms with Gasteiger partial charge in [-0.3, -0.25) is 9.36 Å². The van der Waals surface area contributed by atoms with Crippen LogP contribution in [0, 0.1) is 6.92 Å². The Kier molecular flexibility index (Phi) is 5.74. The van der Waals surface area contributed by atoms with E-state index in [1.54, 1.807) is 13.0 Å². The number of fused-ring (bicyclic) bond motifs is 1. The van der Waals surface area contributed by atoms with Gasteiger partial charge in [-0.05, 0) is 31.5 Å². The van der Waals surface area contributed by atoms with E-state index in [0.717, 1.165) is 22.7 Å². The number of carbonyl (C=O) groups is 1. The summed E-state index contributed by atoms with van der Waals surface area (Å²) in [5.41, 5.74) is 1.95. The molecular formula is C23H21N5O4S. The second kappa shape index (κ2) is 8.99. The van der Waals surface area contributed by atoms with Gasteiger partial charge in [0.2, 0.25) is 12.7 Å². The number of aryl methyl sites for hydroxylation is 1. The van der Waals surface area contributed by atoms with E-state index in [4.69, 9.17) is 14.0 Å². The first kappa shape index (κ1) is 21.1. The number of nitrogens with one attached hydrogen (secondary N) is 1. The van der Waals surface area contributed by atoms with Crippen molar-refractivity contribution >= 4 is 23.5 Å². The molecular weight excluding hydrogens is 442 g/mol. The summed E-state index contributed by atoms with van der Waals surface area (Å²) in [7, 11) is 0. The Hall–Kier alpha value is -3.79. The van der Waals surface area contributed by atoms with Crippen molar-refractivity contribution in [1.29, 1.82) is 0 Å². The zero-order chi connectivity index (χ0) is 22.8. The number of rotatable bonds is 7. The second-order valence-electron chi connectivity index (χ2n) is 7.52. The molecule has 4 aromatic rings. The van der Waals surface area contributed by atoms with Crippen LogP contribution in [0.5, 0.6) is 11.5 Å². The van der Waals surface area contributed by atoms with Gasteiger partial charge in [0.05, 0.1) is 11.8 Å². The van der Waals surface area contributed by atoms with E-state index in [1.165, 1.54) is 11.8 Å². The Bertz CT molecular complexity index is 1290. The van der Waals surface area contributed by atoms with Crippen molar-refractivity contribution in [2.45, 2.75) is 30.8 Å². The second-order valence-corrected chi connectivity index (χ2v) is 8.83. The van der Waals surface area contributed by atoms with Gasteiger partial charge in [0.15, 0.2) is 28.3 Å². The van der Waals surface area contributed by atoms with Gasteiger partial charge in [0, 0.05) is 11.6 Å². The van der Waals surface area contributed by atoms with Gasteiger partial charge < -0.3 is 19.3 Å². The third-order valence-electron chi connectivity index (χ3n) is 5.06. The van der Waals surface area contributed by atoms with Crippen molar-refractivity contribution < 1.29 is 18.8 Å². The number of amides is 1. The SMILES string of the molecule is Cc1cc(NC(=O)[C@@H](C)Sc2nnc(-c3ccccc3)n2Cc2ccc3c(c2)OCO3)no1. The monoisotopic (exact) mass is 463 g/mol. The zero-order valence-electron chi connectivity index (χ0n) is 18.0. The maximum Gasteiger partial charge on any atom is 0.238 e. The molecule has 10 heteroatoms. The first-order valence-corrected chi connectivity index (χ1v) is 11.2. The molecule has 1 N–H and O–H groups in total. The molecule has 1 amide bonds. The van der Waals surface area contributed by atoms with E-state index >= 15 is 0 Å². The highest BCUT2D eigenvalue weighted by Gasteiger charge is 2.22. The lowest BCUT2D eigenvalue weighted by Gasteiger charge is -2.13. The summed E-state index contributed by atoms with van der Waals surface area (Å²) in [6.07, 6.45) is 0. The molecule has 0 aliphatic carbocycles. The lowest BCUT2D eigenvalue weighted by molar-refractivity contribution is -0.115. The molecule has 0 saturated heterocycles. The van der Waals surface area contributed by atoms with Crippen LogP contribution in [0.25, 0.3) is 11.4 Å². The van der Waals surface area contributed by atoms with Crippen LogP contribution in [0.15, 0.2) is 64.3 Å². The van der Waals surface area contributed by atoms with E-state index in [2.05, 4.69) is 20.7 Å². The molecule has 0 spiro atoms. The molecule has 168 valence electrons. The van der Waals surface area contributed by atoms with Crippen molar-refractivity contribution in [3.05, 3.63) is 65.9 Å². The number of benzene rings is 2. The highest BCUT2D eigenvalue weighted by Crippen LogP contribution is 2.34. The van der Waals surface area contributed by atoms with Crippen LogP contribution in [0.2, 0.25) is 0 Å². The highest BCUT2D eigenvalue weighted by molar-refractivity contribution is 8.00. The molecule has 0 unspecified atom stereocenters. The largest absolute Gasteiger partial charge is 0.454 e. The van der Waals surface area contributed by atoms with Gasteiger partial charge in [-0.25, -0.2) is 0 Å².